The summed E-state index contributed by atoms with van der Waals surface area (Å²) in [6.07, 6.45) is 0. The number of nitrogens with zero attached hydrogens (tertiary/aromatic N) is 1. The lowest BCUT2D eigenvalue weighted by molar-refractivity contribution is 0.428. The first-order valence-corrected chi connectivity index (χ1v) is 4.97. The van der Waals surface area contributed by atoms with E-state index in [4.69, 9.17) is 0 Å². The van der Waals surface area contributed by atoms with E-state index < -0.39 is 0 Å². The molecule has 0 atom stereocenters. The van der Waals surface area contributed by atoms with Crippen molar-refractivity contribution < 1.29 is 4.48 Å². The summed E-state index contributed by atoms with van der Waals surface area (Å²) in [5, 5.41) is 0.803. The highest BCUT2D eigenvalue weighted by molar-refractivity contribution is 5.82. The molecule has 0 saturated heterocycles. The average molecular weight is 199 g/mol. The monoisotopic (exact) mass is 199 g/mol. The van der Waals surface area contributed by atoms with Crippen LogP contribution in [0.5, 0.6) is 0 Å². The maximum absolute atomic E-state index is 13.7. The summed E-state index contributed by atoms with van der Waals surface area (Å²) in [5.41, 5.74) is 3.82. The zero-order valence-corrected chi connectivity index (χ0v) is 8.15. The smallest absolute Gasteiger partial charge is 0.0770 e. The number of benzene rings is 2. The molecule has 0 aliphatic carbocycles. The Morgan fingerprint density at radius 3 is 2.40 bits per heavy atom. The maximum atomic E-state index is 13.7. The Labute approximate surface area is 87.7 Å². The molecular formula is C13H10FN. The normalized spacial score (nSPS) is 13.3. The zero-order chi connectivity index (χ0) is 10.3. The highest BCUT2D eigenvalue weighted by Gasteiger charge is 2.20. The third-order valence-corrected chi connectivity index (χ3v) is 2.78. The number of rotatable bonds is 0. The standard InChI is InChI=1S/C13H10FN/c14-15-9-10-5-1-2-6-11(10)12-7-3-4-8-13(12)15/h1-8H,9H2. The molecule has 0 spiro atoms. The lowest BCUT2D eigenvalue weighted by atomic mass is 9.95. The van der Waals surface area contributed by atoms with Gasteiger partial charge in [-0.2, -0.15) is 0 Å². The van der Waals surface area contributed by atoms with Crippen LogP contribution in [-0.2, 0) is 6.54 Å². The van der Waals surface area contributed by atoms with Gasteiger partial charge in [0.05, 0.1) is 12.2 Å². The van der Waals surface area contributed by atoms with Crippen molar-refractivity contribution in [3.8, 4) is 11.1 Å². The molecule has 2 aromatic carbocycles. The van der Waals surface area contributed by atoms with Gasteiger partial charge >= 0.3 is 0 Å². The summed E-state index contributed by atoms with van der Waals surface area (Å²) in [5.74, 6) is 0. The summed E-state index contributed by atoms with van der Waals surface area (Å²) < 4.78 is 13.7. The molecule has 0 N–H and O–H groups in total. The maximum Gasteiger partial charge on any atom is 0.0770 e. The van der Waals surface area contributed by atoms with Gasteiger partial charge in [-0.15, -0.1) is 0 Å². The van der Waals surface area contributed by atoms with Crippen LogP contribution in [0.25, 0.3) is 11.1 Å². The van der Waals surface area contributed by atoms with Crippen LogP contribution in [0.1, 0.15) is 5.56 Å². The lowest BCUT2D eigenvalue weighted by Crippen LogP contribution is -2.17. The van der Waals surface area contributed by atoms with Crippen LogP contribution in [0.15, 0.2) is 48.5 Å². The first-order chi connectivity index (χ1) is 7.36. The summed E-state index contributed by atoms with van der Waals surface area (Å²) in [4.78, 5) is 0. The van der Waals surface area contributed by atoms with Gasteiger partial charge in [-0.25, -0.2) is 5.12 Å². The summed E-state index contributed by atoms with van der Waals surface area (Å²) >= 11 is 0. The predicted molar refractivity (Wildman–Crippen MR) is 59.2 cm³/mol. The van der Waals surface area contributed by atoms with Crippen molar-refractivity contribution >= 4 is 5.69 Å². The van der Waals surface area contributed by atoms with E-state index in [-0.39, 0.29) is 0 Å². The van der Waals surface area contributed by atoms with E-state index in [0.717, 1.165) is 21.8 Å². The molecule has 3 rings (SSSR count). The van der Waals surface area contributed by atoms with Crippen molar-refractivity contribution in [2.45, 2.75) is 6.54 Å². The molecule has 0 fully saturated rings. The predicted octanol–water partition coefficient (Wildman–Crippen LogP) is 3.56. The van der Waals surface area contributed by atoms with Gasteiger partial charge in [-0.3, -0.25) is 0 Å². The van der Waals surface area contributed by atoms with Crippen LogP contribution in [-0.4, -0.2) is 0 Å². The van der Waals surface area contributed by atoms with Crippen LogP contribution in [0, 0.1) is 0 Å². The van der Waals surface area contributed by atoms with E-state index in [0.29, 0.717) is 12.2 Å². The third kappa shape index (κ3) is 1.22. The first-order valence-electron chi connectivity index (χ1n) is 4.97. The van der Waals surface area contributed by atoms with Gasteiger partial charge in [0.2, 0.25) is 0 Å². The SMILES string of the molecule is FN1Cc2ccccc2-c2ccccc21. The molecule has 0 saturated carbocycles. The second-order valence-corrected chi connectivity index (χ2v) is 3.69. The molecule has 2 aromatic rings. The van der Waals surface area contributed by atoms with E-state index in [2.05, 4.69) is 0 Å². The second-order valence-electron chi connectivity index (χ2n) is 3.69. The van der Waals surface area contributed by atoms with Crippen molar-refractivity contribution in [2.75, 3.05) is 5.12 Å². The van der Waals surface area contributed by atoms with E-state index in [1.807, 2.05) is 48.5 Å². The minimum absolute atomic E-state index is 0.340. The zero-order valence-electron chi connectivity index (χ0n) is 8.15. The summed E-state index contributed by atoms with van der Waals surface area (Å²) in [6, 6.07) is 15.5. The summed E-state index contributed by atoms with van der Waals surface area (Å²) in [6.45, 7) is 0.340. The fraction of sp³-hybridized carbons (Fsp3) is 0.0769. The van der Waals surface area contributed by atoms with Crippen LogP contribution in [0.4, 0.5) is 10.2 Å². The second kappa shape index (κ2) is 3.09. The number of halogens is 1. The van der Waals surface area contributed by atoms with Crippen LogP contribution in [0.2, 0.25) is 0 Å². The summed E-state index contributed by atoms with van der Waals surface area (Å²) in [7, 11) is 0. The van der Waals surface area contributed by atoms with E-state index in [1.54, 1.807) is 0 Å². The van der Waals surface area contributed by atoms with Crippen molar-refractivity contribution in [1.82, 2.24) is 0 Å². The van der Waals surface area contributed by atoms with E-state index >= 15 is 0 Å². The number of hydrogen-bond acceptors (Lipinski definition) is 1. The molecule has 0 aromatic heterocycles. The molecule has 74 valence electrons. The van der Waals surface area contributed by atoms with Gasteiger partial charge in [0.25, 0.3) is 0 Å². The molecule has 0 unspecified atom stereocenters. The minimum Gasteiger partial charge on any atom is -0.207 e. The minimum atomic E-state index is 0.340. The molecule has 1 aliphatic heterocycles. The highest BCUT2D eigenvalue weighted by Crippen LogP contribution is 2.38. The Balaban J connectivity index is 2.30. The first kappa shape index (κ1) is 8.48. The number of para-hydroxylation sites is 1. The van der Waals surface area contributed by atoms with Gasteiger partial charge in [0, 0.05) is 5.56 Å². The molecule has 0 radical (unpaired) electrons. The topological polar surface area (TPSA) is 3.24 Å². The van der Waals surface area contributed by atoms with Crippen molar-refractivity contribution in [3.05, 3.63) is 54.1 Å². The number of hydrogen-bond donors (Lipinski definition) is 0. The van der Waals surface area contributed by atoms with Crippen molar-refractivity contribution in [3.63, 3.8) is 0 Å². The largest absolute Gasteiger partial charge is 0.207 e. The van der Waals surface area contributed by atoms with Crippen molar-refractivity contribution in [1.29, 1.82) is 0 Å². The molecule has 1 aliphatic rings. The van der Waals surface area contributed by atoms with Gasteiger partial charge in [0.15, 0.2) is 0 Å². The lowest BCUT2D eigenvalue weighted by Gasteiger charge is -2.25. The number of anilines is 1. The van der Waals surface area contributed by atoms with Gasteiger partial charge in [0.1, 0.15) is 0 Å². The Kier molecular flexibility index (Phi) is 1.75. The molecule has 0 bridgehead atoms. The molecule has 1 nitrogen and oxygen atoms in total. The molecule has 0 amide bonds. The van der Waals surface area contributed by atoms with Crippen molar-refractivity contribution in [2.24, 2.45) is 0 Å². The Hall–Kier alpha value is -1.83. The Morgan fingerprint density at radius 2 is 1.53 bits per heavy atom. The van der Waals surface area contributed by atoms with Crippen LogP contribution >= 0.6 is 0 Å². The molecular weight excluding hydrogens is 189 g/mol. The Morgan fingerprint density at radius 1 is 0.867 bits per heavy atom. The van der Waals surface area contributed by atoms with E-state index in [1.165, 1.54) is 0 Å². The Bertz CT molecular complexity index is 507. The van der Waals surface area contributed by atoms with Crippen LogP contribution in [0.3, 0.4) is 0 Å². The molecule has 15 heavy (non-hydrogen) atoms. The highest BCUT2D eigenvalue weighted by atomic mass is 19.2. The third-order valence-electron chi connectivity index (χ3n) is 2.78. The van der Waals surface area contributed by atoms with Gasteiger partial charge in [-0.05, 0) is 17.2 Å². The fourth-order valence-electron chi connectivity index (χ4n) is 2.07. The number of fused-ring (bicyclic) bond motifs is 3. The van der Waals surface area contributed by atoms with E-state index in [9.17, 15) is 4.48 Å². The van der Waals surface area contributed by atoms with Gasteiger partial charge < -0.3 is 0 Å². The van der Waals surface area contributed by atoms with Crippen LogP contribution < -0.4 is 5.12 Å². The molecule has 2 heteroatoms. The average Bonchev–Trinajstić information content (AvgIpc) is 2.30. The van der Waals surface area contributed by atoms with Gasteiger partial charge in [-0.1, -0.05) is 46.9 Å². The quantitative estimate of drug-likeness (QED) is 0.586. The molecule has 1 heterocycles. The fourth-order valence-corrected chi connectivity index (χ4v) is 2.07.